The summed E-state index contributed by atoms with van der Waals surface area (Å²) in [5.74, 6) is 0.239. The summed E-state index contributed by atoms with van der Waals surface area (Å²) in [5, 5.41) is 6.79. The number of para-hydroxylation sites is 1. The number of benzene rings is 2. The van der Waals surface area contributed by atoms with Crippen molar-refractivity contribution < 1.29 is 9.21 Å². The molecule has 5 nitrogen and oxygen atoms in total. The van der Waals surface area contributed by atoms with Crippen molar-refractivity contribution in [3.8, 4) is 10.6 Å². The van der Waals surface area contributed by atoms with Gasteiger partial charge in [-0.05, 0) is 60.8 Å². The highest BCUT2D eigenvalue weighted by molar-refractivity contribution is 9.10. The summed E-state index contributed by atoms with van der Waals surface area (Å²) in [5.41, 5.74) is 2.59. The number of rotatable bonds is 4. The lowest BCUT2D eigenvalue weighted by atomic mass is 10.2. The summed E-state index contributed by atoms with van der Waals surface area (Å²) < 4.78 is 7.19. The predicted octanol–water partition coefficient (Wildman–Crippen LogP) is 5.85. The van der Waals surface area contributed by atoms with Crippen LogP contribution in [-0.2, 0) is 4.79 Å². The molecule has 4 aromatic rings. The van der Waals surface area contributed by atoms with Gasteiger partial charge in [-0.3, -0.25) is 10.1 Å². The second kappa shape index (κ2) is 8.69. The molecular formula is C21H14BrN3O2S2. The van der Waals surface area contributed by atoms with E-state index >= 15 is 0 Å². The number of anilines is 1. The quantitative estimate of drug-likeness (QED) is 0.281. The van der Waals surface area contributed by atoms with Gasteiger partial charge in [0.15, 0.2) is 5.11 Å². The third kappa shape index (κ3) is 4.79. The number of hydrogen-bond donors (Lipinski definition) is 2. The van der Waals surface area contributed by atoms with Crippen molar-refractivity contribution in [1.29, 1.82) is 0 Å². The molecule has 0 aliphatic carbocycles. The Balaban J connectivity index is 1.52. The minimum absolute atomic E-state index is 0.198. The Morgan fingerprint density at radius 1 is 1.17 bits per heavy atom. The standard InChI is InChI=1S/C21H14BrN3O2S2/c22-13-7-9-16(15(12-13)20-23-17-5-1-2-6-18(17)29-20)24-21(28)25-19(26)10-8-14-4-3-11-27-14/h1-12H,(H2,24,25,26,28). The van der Waals surface area contributed by atoms with Gasteiger partial charge in [0, 0.05) is 16.1 Å². The van der Waals surface area contributed by atoms with Crippen molar-refractivity contribution in [1.82, 2.24) is 10.3 Å². The van der Waals surface area contributed by atoms with Crippen molar-refractivity contribution in [3.63, 3.8) is 0 Å². The first kappa shape index (κ1) is 19.5. The average molecular weight is 484 g/mol. The first-order valence-corrected chi connectivity index (χ1v) is 10.6. The topological polar surface area (TPSA) is 67.2 Å². The minimum Gasteiger partial charge on any atom is -0.465 e. The Labute approximate surface area is 184 Å². The lowest BCUT2D eigenvalue weighted by Gasteiger charge is -2.12. The summed E-state index contributed by atoms with van der Waals surface area (Å²) in [7, 11) is 0. The van der Waals surface area contributed by atoms with Crippen LogP contribution >= 0.6 is 39.5 Å². The Bertz CT molecular complexity index is 1180. The van der Waals surface area contributed by atoms with Crippen molar-refractivity contribution in [2.75, 3.05) is 5.32 Å². The molecule has 0 saturated carbocycles. The number of hydrogen-bond acceptors (Lipinski definition) is 5. The highest BCUT2D eigenvalue weighted by Crippen LogP contribution is 2.36. The maximum Gasteiger partial charge on any atom is 0.250 e. The highest BCUT2D eigenvalue weighted by Gasteiger charge is 2.13. The maximum atomic E-state index is 12.1. The van der Waals surface area contributed by atoms with Crippen LogP contribution in [0, 0.1) is 0 Å². The van der Waals surface area contributed by atoms with Gasteiger partial charge < -0.3 is 9.73 Å². The molecule has 0 aliphatic rings. The van der Waals surface area contributed by atoms with Crippen LogP contribution in [0.4, 0.5) is 5.69 Å². The lowest BCUT2D eigenvalue weighted by molar-refractivity contribution is -0.115. The molecule has 29 heavy (non-hydrogen) atoms. The Morgan fingerprint density at radius 2 is 2.03 bits per heavy atom. The van der Waals surface area contributed by atoms with Crippen LogP contribution in [0.15, 0.2) is 75.8 Å². The van der Waals surface area contributed by atoms with Gasteiger partial charge >= 0.3 is 0 Å². The summed E-state index contributed by atoms with van der Waals surface area (Å²) in [6, 6.07) is 17.3. The van der Waals surface area contributed by atoms with Crippen LogP contribution in [0.1, 0.15) is 5.76 Å². The van der Waals surface area contributed by atoms with Gasteiger partial charge in [-0.25, -0.2) is 4.98 Å². The lowest BCUT2D eigenvalue weighted by Crippen LogP contribution is -2.32. The molecule has 0 fully saturated rings. The molecule has 0 saturated heterocycles. The van der Waals surface area contributed by atoms with E-state index < -0.39 is 0 Å². The van der Waals surface area contributed by atoms with Crippen molar-refractivity contribution in [2.45, 2.75) is 0 Å². The van der Waals surface area contributed by atoms with Gasteiger partial charge in [-0.1, -0.05) is 28.1 Å². The summed E-state index contributed by atoms with van der Waals surface area (Å²) in [6.45, 7) is 0. The number of amides is 1. The second-order valence-corrected chi connectivity index (χ2v) is 8.32. The molecule has 0 radical (unpaired) electrons. The number of carbonyl (C=O) groups is 1. The molecule has 0 aliphatic heterocycles. The van der Waals surface area contributed by atoms with Crippen LogP contribution < -0.4 is 10.6 Å². The zero-order chi connectivity index (χ0) is 20.2. The monoisotopic (exact) mass is 483 g/mol. The molecule has 8 heteroatoms. The summed E-state index contributed by atoms with van der Waals surface area (Å²) >= 11 is 10.4. The molecule has 0 atom stereocenters. The molecule has 2 N–H and O–H groups in total. The van der Waals surface area contributed by atoms with E-state index in [0.29, 0.717) is 5.76 Å². The van der Waals surface area contributed by atoms with E-state index in [1.807, 2.05) is 42.5 Å². The van der Waals surface area contributed by atoms with E-state index in [1.165, 1.54) is 6.08 Å². The normalized spacial score (nSPS) is 11.1. The van der Waals surface area contributed by atoms with E-state index in [9.17, 15) is 4.79 Å². The van der Waals surface area contributed by atoms with Crippen LogP contribution in [-0.4, -0.2) is 16.0 Å². The number of thiocarbonyl (C=S) groups is 1. The predicted molar refractivity (Wildman–Crippen MR) is 125 cm³/mol. The number of furan rings is 1. The number of thiazole rings is 1. The van der Waals surface area contributed by atoms with Crippen LogP contribution in [0.3, 0.4) is 0 Å². The van der Waals surface area contributed by atoms with Gasteiger partial charge in [0.25, 0.3) is 0 Å². The van der Waals surface area contributed by atoms with E-state index in [2.05, 4.69) is 26.6 Å². The van der Waals surface area contributed by atoms with Gasteiger partial charge in [-0.2, -0.15) is 0 Å². The fourth-order valence-electron chi connectivity index (χ4n) is 2.64. The number of nitrogens with one attached hydrogen (secondary N) is 2. The zero-order valence-corrected chi connectivity index (χ0v) is 18.1. The van der Waals surface area contributed by atoms with E-state index in [0.717, 1.165) is 30.9 Å². The molecule has 0 unspecified atom stereocenters. The minimum atomic E-state index is -0.349. The Kier molecular flexibility index (Phi) is 5.84. The molecule has 1 amide bonds. The number of nitrogens with zero attached hydrogens (tertiary/aromatic N) is 1. The molecule has 2 aromatic heterocycles. The van der Waals surface area contributed by atoms with E-state index in [1.54, 1.807) is 35.8 Å². The first-order chi connectivity index (χ1) is 14.1. The first-order valence-electron chi connectivity index (χ1n) is 8.57. The van der Waals surface area contributed by atoms with Crippen molar-refractivity contribution in [2.24, 2.45) is 0 Å². The zero-order valence-electron chi connectivity index (χ0n) is 14.9. The van der Waals surface area contributed by atoms with Crippen LogP contribution in [0.5, 0.6) is 0 Å². The third-order valence-corrected chi connectivity index (χ3v) is 5.70. The molecular weight excluding hydrogens is 470 g/mol. The number of carbonyl (C=O) groups excluding carboxylic acids is 1. The summed E-state index contributed by atoms with van der Waals surface area (Å²) in [4.78, 5) is 16.8. The molecule has 2 aromatic carbocycles. The highest BCUT2D eigenvalue weighted by atomic mass is 79.9. The van der Waals surface area contributed by atoms with E-state index in [-0.39, 0.29) is 11.0 Å². The number of aromatic nitrogens is 1. The Hall–Kier alpha value is -2.81. The van der Waals surface area contributed by atoms with Gasteiger partial charge in [0.2, 0.25) is 5.91 Å². The fourth-order valence-corrected chi connectivity index (χ4v) is 4.21. The number of fused-ring (bicyclic) bond motifs is 1. The largest absolute Gasteiger partial charge is 0.465 e. The average Bonchev–Trinajstić information content (AvgIpc) is 3.37. The Morgan fingerprint density at radius 3 is 2.83 bits per heavy atom. The van der Waals surface area contributed by atoms with Crippen LogP contribution in [0.2, 0.25) is 0 Å². The van der Waals surface area contributed by atoms with Crippen LogP contribution in [0.25, 0.3) is 26.9 Å². The number of halogens is 1. The van der Waals surface area contributed by atoms with Gasteiger partial charge in [0.1, 0.15) is 10.8 Å². The molecule has 0 bridgehead atoms. The summed E-state index contributed by atoms with van der Waals surface area (Å²) in [6.07, 6.45) is 4.48. The van der Waals surface area contributed by atoms with E-state index in [4.69, 9.17) is 21.6 Å². The SMILES string of the molecule is O=C(C=Cc1ccco1)NC(=S)Nc1ccc(Br)cc1-c1nc2ccccc2s1. The molecule has 4 rings (SSSR count). The molecule has 2 heterocycles. The van der Waals surface area contributed by atoms with Gasteiger partial charge in [-0.15, -0.1) is 11.3 Å². The second-order valence-electron chi connectivity index (χ2n) is 5.97. The molecule has 144 valence electrons. The fraction of sp³-hybridized carbons (Fsp3) is 0. The van der Waals surface area contributed by atoms with Crippen molar-refractivity contribution in [3.05, 3.63) is 77.2 Å². The van der Waals surface area contributed by atoms with Gasteiger partial charge in [0.05, 0.1) is 22.2 Å². The maximum absolute atomic E-state index is 12.1. The molecule has 0 spiro atoms. The smallest absolute Gasteiger partial charge is 0.250 e. The van der Waals surface area contributed by atoms with Crippen molar-refractivity contribution >= 4 is 72.5 Å². The third-order valence-electron chi connectivity index (χ3n) is 3.93.